The molecule has 2 aromatic heterocycles. The highest BCUT2D eigenvalue weighted by Crippen LogP contribution is 2.31. The summed E-state index contributed by atoms with van der Waals surface area (Å²) in [4.78, 5) is 6.35. The van der Waals surface area contributed by atoms with Gasteiger partial charge >= 0.3 is 0 Å². The van der Waals surface area contributed by atoms with Crippen molar-refractivity contribution in [3.05, 3.63) is 75.1 Å². The van der Waals surface area contributed by atoms with Crippen molar-refractivity contribution in [1.82, 2.24) is 4.98 Å². The molecule has 6 heteroatoms. The second-order valence-electron chi connectivity index (χ2n) is 5.26. The number of para-hydroxylation sites is 1. The molecule has 0 saturated heterocycles. The highest BCUT2D eigenvalue weighted by molar-refractivity contribution is 7.20. The van der Waals surface area contributed by atoms with Crippen LogP contribution in [0.2, 0.25) is 10.0 Å². The van der Waals surface area contributed by atoms with Gasteiger partial charge in [0.15, 0.2) is 0 Å². The Hall–Kier alpha value is -2.14. The normalized spacial score (nSPS) is 12.2. The molecule has 0 bridgehead atoms. The largest absolute Gasteiger partial charge is 0.410 e. The minimum atomic E-state index is 0.406. The van der Waals surface area contributed by atoms with Crippen molar-refractivity contribution in [3.63, 3.8) is 0 Å². The molecule has 0 radical (unpaired) electrons. The molecule has 1 N–H and O–H groups in total. The minimum absolute atomic E-state index is 0.406. The van der Waals surface area contributed by atoms with E-state index in [1.807, 2.05) is 30.3 Å². The van der Waals surface area contributed by atoms with Crippen molar-refractivity contribution in [2.24, 2.45) is 5.16 Å². The van der Waals surface area contributed by atoms with Crippen LogP contribution in [0.3, 0.4) is 0 Å². The topological polar surface area (TPSA) is 45.5 Å². The molecule has 0 saturated carbocycles. The number of benzene rings is 2. The highest BCUT2D eigenvalue weighted by Gasteiger charge is 2.16. The zero-order valence-corrected chi connectivity index (χ0v) is 14.5. The summed E-state index contributed by atoms with van der Waals surface area (Å²) in [5.74, 6) is 0. The summed E-state index contributed by atoms with van der Waals surface area (Å²) in [6.45, 7) is 0. The Bertz CT molecular complexity index is 1050. The summed E-state index contributed by atoms with van der Waals surface area (Å²) in [7, 11) is 0. The molecule has 0 aliphatic heterocycles. The number of halogens is 2. The fraction of sp³-hybridized carbons (Fsp3) is 0. The quantitative estimate of drug-likeness (QED) is 0.267. The van der Waals surface area contributed by atoms with Gasteiger partial charge in [0.2, 0.25) is 0 Å². The maximum absolute atomic E-state index is 9.52. The lowest BCUT2D eigenvalue weighted by Crippen LogP contribution is -2.01. The van der Waals surface area contributed by atoms with Crippen molar-refractivity contribution in [1.29, 1.82) is 0 Å². The van der Waals surface area contributed by atoms with E-state index in [2.05, 4.69) is 16.2 Å². The number of hydrogen-bond acceptors (Lipinski definition) is 4. The van der Waals surface area contributed by atoms with Gasteiger partial charge in [-0.25, -0.2) is 4.98 Å². The van der Waals surface area contributed by atoms with E-state index >= 15 is 0 Å². The molecular weight excluding hydrogens is 363 g/mol. The van der Waals surface area contributed by atoms with Crippen LogP contribution in [-0.4, -0.2) is 15.9 Å². The van der Waals surface area contributed by atoms with Gasteiger partial charge in [-0.3, -0.25) is 0 Å². The zero-order chi connectivity index (χ0) is 16.7. The molecule has 0 aliphatic carbocycles. The molecule has 0 fully saturated rings. The fourth-order valence-corrected chi connectivity index (χ4v) is 4.13. The minimum Gasteiger partial charge on any atom is -0.410 e. The van der Waals surface area contributed by atoms with E-state index in [1.54, 1.807) is 18.2 Å². The van der Waals surface area contributed by atoms with Crippen molar-refractivity contribution in [2.45, 2.75) is 0 Å². The van der Waals surface area contributed by atoms with Crippen molar-refractivity contribution < 1.29 is 5.21 Å². The molecule has 0 atom stereocenters. The van der Waals surface area contributed by atoms with Gasteiger partial charge < -0.3 is 5.21 Å². The SMILES string of the molecule is O/N=C(/c1cc2cc3ccccc3nc2s1)c1ccc(Cl)cc1Cl. The second kappa shape index (κ2) is 6.06. The van der Waals surface area contributed by atoms with Gasteiger partial charge in [0.25, 0.3) is 0 Å². The van der Waals surface area contributed by atoms with E-state index in [-0.39, 0.29) is 0 Å². The van der Waals surface area contributed by atoms with Crippen molar-refractivity contribution in [3.8, 4) is 0 Å². The van der Waals surface area contributed by atoms with Crippen molar-refractivity contribution in [2.75, 3.05) is 0 Å². The van der Waals surface area contributed by atoms with Crippen LogP contribution >= 0.6 is 34.5 Å². The molecule has 0 unspecified atom stereocenters. The summed E-state index contributed by atoms with van der Waals surface area (Å²) in [6.07, 6.45) is 0. The number of aromatic nitrogens is 1. The fourth-order valence-electron chi connectivity index (χ4n) is 2.61. The Labute approximate surface area is 151 Å². The number of nitrogens with zero attached hydrogens (tertiary/aromatic N) is 2. The summed E-state index contributed by atoms with van der Waals surface area (Å²) in [5, 5.41) is 16.0. The maximum Gasteiger partial charge on any atom is 0.128 e. The lowest BCUT2D eigenvalue weighted by Gasteiger charge is -2.04. The van der Waals surface area contributed by atoms with E-state index < -0.39 is 0 Å². The second-order valence-corrected chi connectivity index (χ2v) is 7.13. The first-order chi connectivity index (χ1) is 11.7. The molecule has 2 heterocycles. The van der Waals surface area contributed by atoms with E-state index in [9.17, 15) is 5.21 Å². The van der Waals surface area contributed by atoms with Gasteiger partial charge in [-0.05, 0) is 36.4 Å². The van der Waals surface area contributed by atoms with Crippen LogP contribution in [0.4, 0.5) is 0 Å². The lowest BCUT2D eigenvalue weighted by molar-refractivity contribution is 0.320. The number of oxime groups is 1. The summed E-state index contributed by atoms with van der Waals surface area (Å²) in [6, 6.07) is 17.1. The van der Waals surface area contributed by atoms with E-state index in [0.29, 0.717) is 21.3 Å². The van der Waals surface area contributed by atoms with Crippen LogP contribution in [0.25, 0.3) is 21.1 Å². The Morgan fingerprint density at radius 2 is 1.83 bits per heavy atom. The summed E-state index contributed by atoms with van der Waals surface area (Å²) in [5.41, 5.74) is 1.97. The van der Waals surface area contributed by atoms with Gasteiger partial charge in [0, 0.05) is 21.4 Å². The Kier molecular flexibility index (Phi) is 3.88. The van der Waals surface area contributed by atoms with E-state index in [1.165, 1.54) is 11.3 Å². The standard InChI is InChI=1S/C18H10Cl2N2OS/c19-12-5-6-13(14(20)9-12)17(22-23)16-8-11-7-10-3-1-2-4-15(10)21-18(11)24-16/h1-9,23H/b22-17+. The third kappa shape index (κ3) is 2.63. The Morgan fingerprint density at radius 1 is 1.00 bits per heavy atom. The predicted octanol–water partition coefficient (Wildman–Crippen LogP) is 5.98. The average Bonchev–Trinajstić information content (AvgIpc) is 2.97. The van der Waals surface area contributed by atoms with Crippen LogP contribution < -0.4 is 0 Å². The molecule has 0 aliphatic rings. The number of pyridine rings is 1. The van der Waals surface area contributed by atoms with Gasteiger partial charge in [0.1, 0.15) is 10.5 Å². The van der Waals surface area contributed by atoms with Crippen LogP contribution in [0.1, 0.15) is 10.4 Å². The monoisotopic (exact) mass is 372 g/mol. The van der Waals surface area contributed by atoms with Crippen LogP contribution in [0.15, 0.2) is 59.8 Å². The zero-order valence-electron chi connectivity index (χ0n) is 12.2. The Balaban J connectivity index is 1.89. The molecule has 24 heavy (non-hydrogen) atoms. The maximum atomic E-state index is 9.52. The smallest absolute Gasteiger partial charge is 0.128 e. The first-order valence-electron chi connectivity index (χ1n) is 7.13. The Morgan fingerprint density at radius 3 is 2.62 bits per heavy atom. The van der Waals surface area contributed by atoms with Crippen LogP contribution in [-0.2, 0) is 0 Å². The summed E-state index contributed by atoms with van der Waals surface area (Å²) < 4.78 is 0. The highest BCUT2D eigenvalue weighted by atomic mass is 35.5. The molecule has 4 rings (SSSR count). The average molecular weight is 373 g/mol. The van der Waals surface area contributed by atoms with Crippen LogP contribution in [0, 0.1) is 0 Å². The van der Waals surface area contributed by atoms with Gasteiger partial charge in [-0.1, -0.05) is 46.6 Å². The van der Waals surface area contributed by atoms with Gasteiger partial charge in [0.05, 0.1) is 15.4 Å². The molecular formula is C18H10Cl2N2OS. The number of fused-ring (bicyclic) bond motifs is 2. The first-order valence-corrected chi connectivity index (χ1v) is 8.70. The third-order valence-corrected chi connectivity index (χ3v) is 5.33. The van der Waals surface area contributed by atoms with Crippen molar-refractivity contribution >= 4 is 61.4 Å². The van der Waals surface area contributed by atoms with E-state index in [4.69, 9.17) is 23.2 Å². The van der Waals surface area contributed by atoms with Gasteiger partial charge in [-0.2, -0.15) is 0 Å². The van der Waals surface area contributed by atoms with E-state index in [0.717, 1.165) is 26.0 Å². The molecule has 2 aromatic carbocycles. The summed E-state index contributed by atoms with van der Waals surface area (Å²) >= 11 is 13.6. The lowest BCUT2D eigenvalue weighted by atomic mass is 10.1. The molecule has 0 spiro atoms. The predicted molar refractivity (Wildman–Crippen MR) is 101 cm³/mol. The molecule has 4 aromatic rings. The number of thiophene rings is 1. The molecule has 118 valence electrons. The van der Waals surface area contributed by atoms with Crippen LogP contribution in [0.5, 0.6) is 0 Å². The third-order valence-electron chi connectivity index (χ3n) is 3.73. The number of rotatable bonds is 2. The first kappa shape index (κ1) is 15.4. The molecule has 0 amide bonds. The molecule has 3 nitrogen and oxygen atoms in total. The number of hydrogen-bond donors (Lipinski definition) is 1. The van der Waals surface area contributed by atoms with Gasteiger partial charge in [-0.15, -0.1) is 11.3 Å².